The molecule has 2 fully saturated rings. The van der Waals surface area contributed by atoms with Crippen LogP contribution in [0.4, 0.5) is 0 Å². The number of hydrogen-bond acceptors (Lipinski definition) is 3. The maximum atomic E-state index is 12.5. The Morgan fingerprint density at radius 2 is 2.00 bits per heavy atom. The number of carbonyl (C=O) groups is 1. The van der Waals surface area contributed by atoms with Gasteiger partial charge in [0, 0.05) is 32.5 Å². The summed E-state index contributed by atoms with van der Waals surface area (Å²) < 4.78 is 2.00. The molecular weight excluding hydrogens is 264 g/mol. The van der Waals surface area contributed by atoms with Gasteiger partial charge in [-0.3, -0.25) is 4.79 Å². The van der Waals surface area contributed by atoms with E-state index in [-0.39, 0.29) is 5.41 Å². The summed E-state index contributed by atoms with van der Waals surface area (Å²) in [4.78, 5) is 14.6. The first-order valence-corrected chi connectivity index (χ1v) is 8.19. The highest BCUT2D eigenvalue weighted by Crippen LogP contribution is 2.41. The van der Waals surface area contributed by atoms with Crippen molar-refractivity contribution in [2.45, 2.75) is 57.8 Å². The Balaban J connectivity index is 1.53. The van der Waals surface area contributed by atoms with Gasteiger partial charge in [0.25, 0.3) is 0 Å². The second-order valence-corrected chi connectivity index (χ2v) is 7.15. The topological polar surface area (TPSA) is 51.0 Å². The van der Waals surface area contributed by atoms with E-state index in [1.807, 2.05) is 11.6 Å². The monoisotopic (exact) mass is 290 g/mol. The number of hydrogen-bond donors (Lipinski definition) is 0. The lowest BCUT2D eigenvalue weighted by molar-refractivity contribution is -0.134. The SMILES string of the molecule is Cn1cnnc1C1CCN(C(=O)CC2(C)CCCC2)CC1. The number of rotatable bonds is 3. The van der Waals surface area contributed by atoms with Crippen LogP contribution in [-0.4, -0.2) is 38.7 Å². The van der Waals surface area contributed by atoms with E-state index in [0.29, 0.717) is 11.8 Å². The molecule has 2 heterocycles. The highest BCUT2D eigenvalue weighted by atomic mass is 16.2. The van der Waals surface area contributed by atoms with Crippen molar-refractivity contribution in [2.24, 2.45) is 12.5 Å². The molecule has 3 rings (SSSR count). The van der Waals surface area contributed by atoms with Crippen LogP contribution in [0, 0.1) is 5.41 Å². The summed E-state index contributed by atoms with van der Waals surface area (Å²) in [6, 6.07) is 0. The number of nitrogens with zero attached hydrogens (tertiary/aromatic N) is 4. The van der Waals surface area contributed by atoms with Crippen LogP contribution in [0.25, 0.3) is 0 Å². The van der Waals surface area contributed by atoms with Crippen LogP contribution < -0.4 is 0 Å². The molecule has 116 valence electrons. The molecule has 5 nitrogen and oxygen atoms in total. The summed E-state index contributed by atoms with van der Waals surface area (Å²) in [5.41, 5.74) is 0.261. The van der Waals surface area contributed by atoms with E-state index in [9.17, 15) is 4.79 Å². The van der Waals surface area contributed by atoms with Crippen LogP contribution in [0.15, 0.2) is 6.33 Å². The Labute approximate surface area is 126 Å². The Morgan fingerprint density at radius 3 is 2.57 bits per heavy atom. The lowest BCUT2D eigenvalue weighted by Gasteiger charge is -2.34. The number of likely N-dealkylation sites (tertiary alicyclic amines) is 1. The predicted octanol–water partition coefficient (Wildman–Crippen LogP) is 2.49. The Hall–Kier alpha value is -1.39. The summed E-state index contributed by atoms with van der Waals surface area (Å²) in [6.45, 7) is 4.02. The van der Waals surface area contributed by atoms with Crippen molar-refractivity contribution in [1.82, 2.24) is 19.7 Å². The van der Waals surface area contributed by atoms with Gasteiger partial charge in [0.2, 0.25) is 5.91 Å². The van der Waals surface area contributed by atoms with Gasteiger partial charge < -0.3 is 9.47 Å². The Bertz CT molecular complexity index is 496. The quantitative estimate of drug-likeness (QED) is 0.859. The zero-order chi connectivity index (χ0) is 14.9. The van der Waals surface area contributed by atoms with Crippen molar-refractivity contribution in [3.63, 3.8) is 0 Å². The van der Waals surface area contributed by atoms with Gasteiger partial charge >= 0.3 is 0 Å². The fraction of sp³-hybridized carbons (Fsp3) is 0.812. The third-order valence-electron chi connectivity index (χ3n) is 5.35. The van der Waals surface area contributed by atoms with E-state index in [4.69, 9.17) is 0 Å². The van der Waals surface area contributed by atoms with Gasteiger partial charge in [-0.05, 0) is 31.1 Å². The lowest BCUT2D eigenvalue weighted by Crippen LogP contribution is -2.40. The standard InChI is InChI=1S/C16H26N4O/c1-16(7-3-4-8-16)11-14(21)20-9-5-13(6-10-20)15-18-17-12-19(15)2/h12-13H,3-11H2,1-2H3. The number of carbonyl (C=O) groups excluding carboxylic acids is 1. The molecular formula is C16H26N4O. The van der Waals surface area contributed by atoms with Crippen molar-refractivity contribution in [1.29, 1.82) is 0 Å². The molecule has 0 radical (unpaired) electrons. The van der Waals surface area contributed by atoms with Crippen LogP contribution in [0.5, 0.6) is 0 Å². The zero-order valence-corrected chi connectivity index (χ0v) is 13.2. The fourth-order valence-corrected chi connectivity index (χ4v) is 3.93. The Morgan fingerprint density at radius 1 is 1.33 bits per heavy atom. The highest BCUT2D eigenvalue weighted by molar-refractivity contribution is 5.77. The second kappa shape index (κ2) is 5.78. The van der Waals surface area contributed by atoms with Gasteiger partial charge in [-0.15, -0.1) is 10.2 Å². The molecule has 1 aliphatic carbocycles. The van der Waals surface area contributed by atoms with Crippen molar-refractivity contribution < 1.29 is 4.79 Å². The predicted molar refractivity (Wildman–Crippen MR) is 80.8 cm³/mol. The minimum atomic E-state index is 0.261. The van der Waals surface area contributed by atoms with E-state index in [1.165, 1.54) is 25.7 Å². The third-order valence-corrected chi connectivity index (χ3v) is 5.35. The minimum absolute atomic E-state index is 0.261. The van der Waals surface area contributed by atoms with Crippen LogP contribution in [0.1, 0.15) is 63.6 Å². The van der Waals surface area contributed by atoms with E-state index in [1.54, 1.807) is 6.33 Å². The molecule has 0 unspecified atom stereocenters. The van der Waals surface area contributed by atoms with Crippen molar-refractivity contribution >= 4 is 5.91 Å². The van der Waals surface area contributed by atoms with E-state index in [0.717, 1.165) is 38.2 Å². The minimum Gasteiger partial charge on any atom is -0.343 e. The van der Waals surface area contributed by atoms with Gasteiger partial charge in [0.05, 0.1) is 0 Å². The van der Waals surface area contributed by atoms with Crippen molar-refractivity contribution in [3.05, 3.63) is 12.2 Å². The van der Waals surface area contributed by atoms with Gasteiger partial charge in [-0.2, -0.15) is 0 Å². The first-order chi connectivity index (χ1) is 10.1. The van der Waals surface area contributed by atoms with Gasteiger partial charge in [0.1, 0.15) is 12.2 Å². The summed E-state index contributed by atoms with van der Waals surface area (Å²) in [7, 11) is 1.99. The molecule has 0 atom stereocenters. The molecule has 0 N–H and O–H groups in total. The molecule has 1 saturated heterocycles. The smallest absolute Gasteiger partial charge is 0.223 e. The first kappa shape index (κ1) is 14.5. The molecule has 0 bridgehead atoms. The van der Waals surface area contributed by atoms with Crippen molar-refractivity contribution in [3.8, 4) is 0 Å². The fourth-order valence-electron chi connectivity index (χ4n) is 3.93. The van der Waals surface area contributed by atoms with Gasteiger partial charge in [0.15, 0.2) is 0 Å². The molecule has 0 aromatic carbocycles. The zero-order valence-electron chi connectivity index (χ0n) is 13.2. The molecule has 2 aliphatic rings. The number of aromatic nitrogens is 3. The molecule has 1 aliphatic heterocycles. The van der Waals surface area contributed by atoms with Crippen LogP contribution >= 0.6 is 0 Å². The molecule has 1 amide bonds. The molecule has 1 saturated carbocycles. The molecule has 5 heteroatoms. The number of piperidine rings is 1. The number of aryl methyl sites for hydroxylation is 1. The average Bonchev–Trinajstić information content (AvgIpc) is 3.08. The Kier molecular flexibility index (Phi) is 4.00. The average molecular weight is 290 g/mol. The maximum Gasteiger partial charge on any atom is 0.223 e. The summed E-state index contributed by atoms with van der Waals surface area (Å²) in [5.74, 6) is 1.87. The van der Waals surface area contributed by atoms with Crippen LogP contribution in [0.2, 0.25) is 0 Å². The lowest BCUT2D eigenvalue weighted by atomic mass is 9.84. The van der Waals surface area contributed by atoms with E-state index in [2.05, 4.69) is 22.0 Å². The maximum absolute atomic E-state index is 12.5. The molecule has 0 spiro atoms. The van der Waals surface area contributed by atoms with Crippen LogP contribution in [0.3, 0.4) is 0 Å². The highest BCUT2D eigenvalue weighted by Gasteiger charge is 2.34. The van der Waals surface area contributed by atoms with Gasteiger partial charge in [-0.25, -0.2) is 0 Å². The largest absolute Gasteiger partial charge is 0.343 e. The summed E-state index contributed by atoms with van der Waals surface area (Å²) in [5, 5.41) is 8.17. The van der Waals surface area contributed by atoms with Crippen LogP contribution in [-0.2, 0) is 11.8 Å². The summed E-state index contributed by atoms with van der Waals surface area (Å²) >= 11 is 0. The van der Waals surface area contributed by atoms with E-state index >= 15 is 0 Å². The number of amides is 1. The van der Waals surface area contributed by atoms with Gasteiger partial charge in [-0.1, -0.05) is 19.8 Å². The second-order valence-electron chi connectivity index (χ2n) is 7.15. The third kappa shape index (κ3) is 3.11. The normalized spacial score (nSPS) is 22.7. The summed E-state index contributed by atoms with van der Waals surface area (Å²) in [6.07, 6.45) is 9.53. The molecule has 1 aromatic heterocycles. The van der Waals surface area contributed by atoms with E-state index < -0.39 is 0 Å². The van der Waals surface area contributed by atoms with Crippen molar-refractivity contribution in [2.75, 3.05) is 13.1 Å². The first-order valence-electron chi connectivity index (χ1n) is 8.19. The molecule has 21 heavy (non-hydrogen) atoms. The molecule has 1 aromatic rings.